The average molecular weight is 198 g/mol. The lowest BCUT2D eigenvalue weighted by Gasteiger charge is -2.13. The van der Waals surface area contributed by atoms with E-state index in [1.807, 2.05) is 6.92 Å². The quantitative estimate of drug-likeness (QED) is 0.460. The molecule has 0 amide bonds. The van der Waals surface area contributed by atoms with Crippen LogP contribution in [0.1, 0.15) is 65.7 Å². The second-order valence-corrected chi connectivity index (χ2v) is 3.95. The average Bonchev–Trinajstić information content (AvgIpc) is 2.22. The van der Waals surface area contributed by atoms with Gasteiger partial charge in [-0.1, -0.05) is 46.1 Å². The third-order valence-corrected chi connectivity index (χ3v) is 2.60. The maximum Gasteiger partial charge on any atom is 0.0747 e. The summed E-state index contributed by atoms with van der Waals surface area (Å²) < 4.78 is 0. The van der Waals surface area contributed by atoms with Crippen LogP contribution in [0.3, 0.4) is 0 Å². The monoisotopic (exact) mass is 198 g/mol. The van der Waals surface area contributed by atoms with Crippen LogP contribution >= 0.6 is 0 Å². The molecule has 1 unspecified atom stereocenters. The molecule has 0 aromatic heterocycles. The topological polar surface area (TPSA) is 20.2 Å². The Labute approximate surface area is 89.2 Å². The molecule has 0 rings (SSSR count). The Balaban J connectivity index is 4.01. The Morgan fingerprint density at radius 1 is 1.14 bits per heavy atom. The van der Waals surface area contributed by atoms with Gasteiger partial charge in [-0.2, -0.15) is 0 Å². The molecule has 0 saturated carbocycles. The Bertz CT molecular complexity index is 149. The molecule has 0 bridgehead atoms. The molecule has 0 aliphatic carbocycles. The molecule has 1 N–H and O–H groups in total. The number of aliphatic hydroxyl groups is 1. The highest BCUT2D eigenvalue weighted by Crippen LogP contribution is 2.16. The van der Waals surface area contributed by atoms with Crippen molar-refractivity contribution in [3.05, 3.63) is 11.6 Å². The molecule has 1 atom stereocenters. The van der Waals surface area contributed by atoms with Gasteiger partial charge in [-0.3, -0.25) is 0 Å². The van der Waals surface area contributed by atoms with Crippen molar-refractivity contribution in [2.24, 2.45) is 0 Å². The molecule has 0 aromatic carbocycles. The zero-order valence-corrected chi connectivity index (χ0v) is 10.1. The number of allylic oxidation sites excluding steroid dienone is 1. The fourth-order valence-corrected chi connectivity index (χ4v) is 1.54. The van der Waals surface area contributed by atoms with E-state index >= 15 is 0 Å². The van der Waals surface area contributed by atoms with Gasteiger partial charge in [0.15, 0.2) is 0 Å². The second kappa shape index (κ2) is 9.26. The van der Waals surface area contributed by atoms with Gasteiger partial charge < -0.3 is 5.11 Å². The van der Waals surface area contributed by atoms with Gasteiger partial charge in [0, 0.05) is 0 Å². The van der Waals surface area contributed by atoms with E-state index in [0.717, 1.165) is 19.3 Å². The minimum atomic E-state index is -0.196. The number of hydrogen-bond acceptors (Lipinski definition) is 1. The summed E-state index contributed by atoms with van der Waals surface area (Å²) in [7, 11) is 0. The Kier molecular flexibility index (Phi) is 9.06. The first-order valence-electron chi connectivity index (χ1n) is 6.13. The summed E-state index contributed by atoms with van der Waals surface area (Å²) in [6, 6.07) is 0. The van der Waals surface area contributed by atoms with Gasteiger partial charge in [0.05, 0.1) is 6.10 Å². The smallest absolute Gasteiger partial charge is 0.0747 e. The second-order valence-electron chi connectivity index (χ2n) is 3.95. The van der Waals surface area contributed by atoms with Crippen LogP contribution in [0.4, 0.5) is 0 Å². The van der Waals surface area contributed by atoms with Gasteiger partial charge in [-0.05, 0) is 31.3 Å². The third kappa shape index (κ3) is 6.20. The summed E-state index contributed by atoms with van der Waals surface area (Å²) >= 11 is 0. The normalized spacial score (nSPS) is 14.4. The van der Waals surface area contributed by atoms with Crippen LogP contribution in [0.25, 0.3) is 0 Å². The van der Waals surface area contributed by atoms with E-state index < -0.39 is 0 Å². The molecule has 0 aromatic rings. The zero-order chi connectivity index (χ0) is 10.8. The maximum absolute atomic E-state index is 9.78. The molecule has 0 spiro atoms. The van der Waals surface area contributed by atoms with Crippen LogP contribution in [0.2, 0.25) is 0 Å². The fraction of sp³-hybridized carbons (Fsp3) is 0.846. The SMILES string of the molecule is CCCCC=C(CCCC)C(O)CC. The summed E-state index contributed by atoms with van der Waals surface area (Å²) in [5, 5.41) is 9.78. The van der Waals surface area contributed by atoms with Gasteiger partial charge in [-0.15, -0.1) is 0 Å². The first-order valence-corrected chi connectivity index (χ1v) is 6.13. The Hall–Kier alpha value is -0.300. The lowest BCUT2D eigenvalue weighted by molar-refractivity contribution is 0.201. The highest BCUT2D eigenvalue weighted by Gasteiger charge is 2.06. The van der Waals surface area contributed by atoms with Crippen LogP contribution in [0.5, 0.6) is 0 Å². The standard InChI is InChI=1S/C13H26O/c1-4-7-9-11-12(10-8-5-2)13(14)6-3/h11,13-14H,4-10H2,1-3H3. The summed E-state index contributed by atoms with van der Waals surface area (Å²) in [4.78, 5) is 0. The number of aliphatic hydroxyl groups excluding tert-OH is 1. The van der Waals surface area contributed by atoms with Crippen molar-refractivity contribution in [3.63, 3.8) is 0 Å². The van der Waals surface area contributed by atoms with Gasteiger partial charge in [0.25, 0.3) is 0 Å². The predicted octanol–water partition coefficient (Wildman–Crippen LogP) is 4.06. The summed E-state index contributed by atoms with van der Waals surface area (Å²) in [5.41, 5.74) is 1.27. The van der Waals surface area contributed by atoms with Crippen molar-refractivity contribution in [2.45, 2.75) is 71.8 Å². The number of unbranched alkanes of at least 4 members (excludes halogenated alkanes) is 3. The molecule has 1 heteroatoms. The van der Waals surface area contributed by atoms with Gasteiger partial charge in [0.1, 0.15) is 0 Å². The lowest BCUT2D eigenvalue weighted by Crippen LogP contribution is -2.08. The third-order valence-electron chi connectivity index (χ3n) is 2.60. The molecular formula is C13H26O. The zero-order valence-electron chi connectivity index (χ0n) is 10.1. The molecule has 0 heterocycles. The minimum Gasteiger partial charge on any atom is -0.389 e. The van der Waals surface area contributed by atoms with Crippen LogP contribution in [0.15, 0.2) is 11.6 Å². The first kappa shape index (κ1) is 13.7. The molecule has 1 nitrogen and oxygen atoms in total. The highest BCUT2D eigenvalue weighted by molar-refractivity contribution is 5.07. The summed E-state index contributed by atoms with van der Waals surface area (Å²) in [5.74, 6) is 0. The lowest BCUT2D eigenvalue weighted by atomic mass is 9.99. The first-order chi connectivity index (χ1) is 6.76. The van der Waals surface area contributed by atoms with Crippen molar-refractivity contribution >= 4 is 0 Å². The molecule has 14 heavy (non-hydrogen) atoms. The van der Waals surface area contributed by atoms with E-state index in [4.69, 9.17) is 0 Å². The van der Waals surface area contributed by atoms with Crippen molar-refractivity contribution in [3.8, 4) is 0 Å². The van der Waals surface area contributed by atoms with Gasteiger partial charge >= 0.3 is 0 Å². The van der Waals surface area contributed by atoms with E-state index in [2.05, 4.69) is 19.9 Å². The van der Waals surface area contributed by atoms with Crippen molar-refractivity contribution in [2.75, 3.05) is 0 Å². The van der Waals surface area contributed by atoms with E-state index in [1.54, 1.807) is 0 Å². The molecule has 0 saturated heterocycles. The van der Waals surface area contributed by atoms with Crippen LogP contribution in [-0.4, -0.2) is 11.2 Å². The van der Waals surface area contributed by atoms with E-state index in [0.29, 0.717) is 0 Å². The van der Waals surface area contributed by atoms with E-state index in [-0.39, 0.29) is 6.10 Å². The minimum absolute atomic E-state index is 0.196. The van der Waals surface area contributed by atoms with Crippen LogP contribution in [-0.2, 0) is 0 Å². The van der Waals surface area contributed by atoms with Crippen LogP contribution in [0, 0.1) is 0 Å². The van der Waals surface area contributed by atoms with E-state index in [1.165, 1.54) is 31.3 Å². The van der Waals surface area contributed by atoms with Crippen molar-refractivity contribution in [1.82, 2.24) is 0 Å². The molecule has 0 fully saturated rings. The molecule has 0 radical (unpaired) electrons. The van der Waals surface area contributed by atoms with Crippen molar-refractivity contribution in [1.29, 1.82) is 0 Å². The number of hydrogen-bond donors (Lipinski definition) is 1. The van der Waals surface area contributed by atoms with Crippen LogP contribution < -0.4 is 0 Å². The largest absolute Gasteiger partial charge is 0.389 e. The van der Waals surface area contributed by atoms with Gasteiger partial charge in [0.2, 0.25) is 0 Å². The molecule has 84 valence electrons. The summed E-state index contributed by atoms with van der Waals surface area (Å²) in [6.45, 7) is 6.45. The summed E-state index contributed by atoms with van der Waals surface area (Å²) in [6.07, 6.45) is 10.0. The van der Waals surface area contributed by atoms with Crippen molar-refractivity contribution < 1.29 is 5.11 Å². The molecular weight excluding hydrogens is 172 g/mol. The maximum atomic E-state index is 9.78. The fourth-order valence-electron chi connectivity index (χ4n) is 1.54. The molecule has 0 aliphatic heterocycles. The van der Waals surface area contributed by atoms with Gasteiger partial charge in [-0.25, -0.2) is 0 Å². The Morgan fingerprint density at radius 3 is 2.29 bits per heavy atom. The Morgan fingerprint density at radius 2 is 1.79 bits per heavy atom. The van der Waals surface area contributed by atoms with E-state index in [9.17, 15) is 5.11 Å². The highest BCUT2D eigenvalue weighted by atomic mass is 16.3. The number of rotatable bonds is 8. The predicted molar refractivity (Wildman–Crippen MR) is 63.4 cm³/mol. The molecule has 0 aliphatic rings.